The molecule has 0 saturated heterocycles. The second-order valence-electron chi connectivity index (χ2n) is 7.34. The van der Waals surface area contributed by atoms with Crippen LogP contribution < -0.4 is 9.47 Å². The molecule has 0 unspecified atom stereocenters. The van der Waals surface area contributed by atoms with Crippen molar-refractivity contribution in [3.63, 3.8) is 0 Å². The highest BCUT2D eigenvalue weighted by Gasteiger charge is 2.19. The maximum Gasteiger partial charge on any atom is 0.330 e. The number of rotatable bonds is 8. The summed E-state index contributed by atoms with van der Waals surface area (Å²) in [6.07, 6.45) is 2.92. The zero-order chi connectivity index (χ0) is 24.9. The number of nitro groups is 1. The van der Waals surface area contributed by atoms with Crippen LogP contribution in [0.3, 0.4) is 0 Å². The lowest BCUT2D eigenvalue weighted by Gasteiger charge is -2.11. The molecule has 3 aromatic carbocycles. The molecular formula is C26H21NO7S. The number of methoxy groups -OCH3 is 1. The lowest BCUT2D eigenvalue weighted by molar-refractivity contribution is -0.384. The number of nitro benzene ring substituents is 1. The van der Waals surface area contributed by atoms with E-state index in [2.05, 4.69) is 0 Å². The molecule has 0 saturated carbocycles. The molecule has 0 atom stereocenters. The van der Waals surface area contributed by atoms with E-state index in [0.717, 1.165) is 10.4 Å². The van der Waals surface area contributed by atoms with Gasteiger partial charge in [-0.2, -0.15) is 0 Å². The number of ether oxygens (including phenoxy) is 3. The van der Waals surface area contributed by atoms with Crippen molar-refractivity contribution in [3.05, 3.63) is 82.4 Å². The van der Waals surface area contributed by atoms with Gasteiger partial charge in [0.15, 0.2) is 5.75 Å². The van der Waals surface area contributed by atoms with Gasteiger partial charge in [0.25, 0.3) is 5.69 Å². The molecule has 8 nitrogen and oxygen atoms in total. The largest absolute Gasteiger partial charge is 0.508 e. The van der Waals surface area contributed by atoms with Crippen LogP contribution >= 0.6 is 11.3 Å². The van der Waals surface area contributed by atoms with E-state index in [9.17, 15) is 20.0 Å². The van der Waals surface area contributed by atoms with Gasteiger partial charge in [0.1, 0.15) is 17.2 Å². The fourth-order valence-corrected chi connectivity index (χ4v) is 4.61. The molecule has 0 spiro atoms. The van der Waals surface area contributed by atoms with Gasteiger partial charge in [-0.15, -0.1) is 11.3 Å². The molecule has 0 radical (unpaired) electrons. The standard InChI is InChI=1S/C26H21NO7S/c1-3-33-24(29)13-7-16-6-11-20(15-22(16)32-2)34-25-21-12-8-18(27(30)31)14-23(21)35-26(25)17-4-9-19(28)10-5-17/h4-15,28H,3H2,1-2H3/b13-7+. The molecule has 0 amide bonds. The van der Waals surface area contributed by atoms with Crippen LogP contribution in [0.4, 0.5) is 5.69 Å². The normalized spacial score (nSPS) is 11.0. The monoisotopic (exact) mass is 491 g/mol. The van der Waals surface area contributed by atoms with Crippen LogP contribution in [0.1, 0.15) is 12.5 Å². The van der Waals surface area contributed by atoms with Crippen LogP contribution in [0.2, 0.25) is 0 Å². The van der Waals surface area contributed by atoms with Crippen LogP contribution in [0.5, 0.6) is 23.0 Å². The van der Waals surface area contributed by atoms with Gasteiger partial charge < -0.3 is 19.3 Å². The predicted octanol–water partition coefficient (Wildman–Crippen LogP) is 6.56. The fourth-order valence-electron chi connectivity index (χ4n) is 3.44. The molecule has 0 aliphatic rings. The van der Waals surface area contributed by atoms with Crippen molar-refractivity contribution in [1.29, 1.82) is 0 Å². The van der Waals surface area contributed by atoms with Gasteiger partial charge in [0.2, 0.25) is 0 Å². The van der Waals surface area contributed by atoms with Crippen LogP contribution in [-0.2, 0) is 9.53 Å². The number of aromatic hydroxyl groups is 1. The topological polar surface area (TPSA) is 108 Å². The van der Waals surface area contributed by atoms with Gasteiger partial charge in [-0.3, -0.25) is 10.1 Å². The van der Waals surface area contributed by atoms with Gasteiger partial charge in [-0.05, 0) is 61.0 Å². The average Bonchev–Trinajstić information content (AvgIpc) is 3.21. The Balaban J connectivity index is 1.76. The van der Waals surface area contributed by atoms with E-state index in [-0.39, 0.29) is 18.0 Å². The first kappa shape index (κ1) is 23.8. The third-order valence-corrected chi connectivity index (χ3v) is 6.26. The molecule has 178 valence electrons. The first-order valence-corrected chi connectivity index (χ1v) is 11.4. The minimum atomic E-state index is -0.452. The molecule has 4 rings (SSSR count). The summed E-state index contributed by atoms with van der Waals surface area (Å²) in [6.45, 7) is 2.02. The molecule has 0 fully saturated rings. The zero-order valence-electron chi connectivity index (χ0n) is 18.9. The first-order chi connectivity index (χ1) is 16.9. The lowest BCUT2D eigenvalue weighted by atomic mass is 10.1. The Morgan fingerprint density at radius 3 is 2.57 bits per heavy atom. The Morgan fingerprint density at radius 1 is 1.11 bits per heavy atom. The predicted molar refractivity (Wildman–Crippen MR) is 134 cm³/mol. The molecule has 0 bridgehead atoms. The second kappa shape index (κ2) is 10.3. The SMILES string of the molecule is CCOC(=O)/C=C/c1ccc(Oc2c(-c3ccc(O)cc3)sc3cc([N+](=O)[O-])ccc23)cc1OC. The smallest absolute Gasteiger partial charge is 0.330 e. The van der Waals surface area contributed by atoms with Crippen molar-refractivity contribution in [2.24, 2.45) is 0 Å². The summed E-state index contributed by atoms with van der Waals surface area (Å²) in [5, 5.41) is 21.7. The lowest BCUT2D eigenvalue weighted by Crippen LogP contribution is -1.98. The van der Waals surface area contributed by atoms with Crippen molar-refractivity contribution in [2.75, 3.05) is 13.7 Å². The van der Waals surface area contributed by atoms with Crippen molar-refractivity contribution in [2.45, 2.75) is 6.92 Å². The highest BCUT2D eigenvalue weighted by molar-refractivity contribution is 7.22. The first-order valence-electron chi connectivity index (χ1n) is 10.6. The van der Waals surface area contributed by atoms with E-state index in [1.807, 2.05) is 0 Å². The summed E-state index contributed by atoms with van der Waals surface area (Å²) in [6, 6.07) is 16.5. The van der Waals surface area contributed by atoms with Crippen LogP contribution in [0.15, 0.2) is 66.7 Å². The molecule has 0 aliphatic heterocycles. The third-order valence-electron chi connectivity index (χ3n) is 5.08. The van der Waals surface area contributed by atoms with Gasteiger partial charge in [-0.25, -0.2) is 4.79 Å². The van der Waals surface area contributed by atoms with Gasteiger partial charge in [0, 0.05) is 39.9 Å². The molecular weight excluding hydrogens is 470 g/mol. The molecule has 0 aliphatic carbocycles. The minimum Gasteiger partial charge on any atom is -0.508 e. The number of fused-ring (bicyclic) bond motifs is 1. The highest BCUT2D eigenvalue weighted by Crippen LogP contribution is 2.47. The Morgan fingerprint density at radius 2 is 1.89 bits per heavy atom. The van der Waals surface area contributed by atoms with Crippen LogP contribution in [-0.4, -0.2) is 29.7 Å². The average molecular weight is 492 g/mol. The third kappa shape index (κ3) is 5.25. The summed E-state index contributed by atoms with van der Waals surface area (Å²) in [5.41, 5.74) is 1.45. The van der Waals surface area contributed by atoms with E-state index in [4.69, 9.17) is 14.2 Å². The number of thiophene rings is 1. The van der Waals surface area contributed by atoms with Crippen molar-refractivity contribution in [3.8, 4) is 33.4 Å². The number of carbonyl (C=O) groups excluding carboxylic acids is 1. The molecule has 35 heavy (non-hydrogen) atoms. The summed E-state index contributed by atoms with van der Waals surface area (Å²) >= 11 is 1.36. The summed E-state index contributed by atoms with van der Waals surface area (Å²) in [7, 11) is 1.52. The number of phenols is 1. The van der Waals surface area contributed by atoms with Crippen molar-refractivity contribution in [1.82, 2.24) is 0 Å². The van der Waals surface area contributed by atoms with E-state index in [0.29, 0.717) is 32.9 Å². The summed E-state index contributed by atoms with van der Waals surface area (Å²) in [4.78, 5) is 23.2. The molecule has 9 heteroatoms. The summed E-state index contributed by atoms with van der Waals surface area (Å²) < 4.78 is 17.4. The molecule has 1 aromatic heterocycles. The van der Waals surface area contributed by atoms with Crippen molar-refractivity contribution >= 4 is 39.2 Å². The molecule has 1 N–H and O–H groups in total. The quantitative estimate of drug-likeness (QED) is 0.129. The van der Waals surface area contributed by atoms with E-state index in [1.54, 1.807) is 61.5 Å². The second-order valence-corrected chi connectivity index (χ2v) is 8.39. The van der Waals surface area contributed by atoms with E-state index < -0.39 is 10.9 Å². The minimum absolute atomic E-state index is 0.0121. The number of phenolic OH excluding ortho intramolecular Hbond substituents is 1. The van der Waals surface area contributed by atoms with E-state index in [1.165, 1.54) is 36.7 Å². The Kier molecular flexibility index (Phi) is 6.98. The van der Waals surface area contributed by atoms with Crippen LogP contribution in [0.25, 0.3) is 26.6 Å². The highest BCUT2D eigenvalue weighted by atomic mass is 32.1. The number of nitrogens with zero attached hydrogens (tertiary/aromatic N) is 1. The number of esters is 1. The fraction of sp³-hybridized carbons (Fsp3) is 0.115. The molecule has 4 aromatic rings. The Bertz CT molecular complexity index is 1420. The number of carbonyl (C=O) groups is 1. The van der Waals surface area contributed by atoms with Crippen LogP contribution in [0, 0.1) is 10.1 Å². The van der Waals surface area contributed by atoms with Crippen molar-refractivity contribution < 1.29 is 29.0 Å². The maximum absolute atomic E-state index is 11.6. The molecule has 1 heterocycles. The number of hydrogen-bond acceptors (Lipinski definition) is 8. The van der Waals surface area contributed by atoms with E-state index >= 15 is 0 Å². The number of non-ortho nitro benzene ring substituents is 1. The van der Waals surface area contributed by atoms with Gasteiger partial charge in [-0.1, -0.05) is 0 Å². The van der Waals surface area contributed by atoms with Gasteiger partial charge in [0.05, 0.1) is 23.5 Å². The number of hydrogen-bond donors (Lipinski definition) is 1. The Hall–Kier alpha value is -4.37. The Labute approximate surface area is 204 Å². The number of benzene rings is 3. The zero-order valence-corrected chi connectivity index (χ0v) is 19.7. The summed E-state index contributed by atoms with van der Waals surface area (Å²) in [5.74, 6) is 1.18. The maximum atomic E-state index is 11.6. The van der Waals surface area contributed by atoms with Gasteiger partial charge >= 0.3 is 5.97 Å².